The first-order valence-electron chi connectivity index (χ1n) is 9.75. The van der Waals surface area contributed by atoms with Crippen LogP contribution in [0.2, 0.25) is 0 Å². The highest BCUT2D eigenvalue weighted by Crippen LogP contribution is 2.32. The molecule has 196 valence electrons. The Morgan fingerprint density at radius 3 is 1.21 bits per heavy atom. The van der Waals surface area contributed by atoms with Gasteiger partial charge in [0.15, 0.2) is 5.78 Å². The molecule has 0 fully saturated rings. The molecule has 34 heavy (non-hydrogen) atoms. The summed E-state index contributed by atoms with van der Waals surface area (Å²) in [5.41, 5.74) is 0.317. The predicted molar refractivity (Wildman–Crippen MR) is 126 cm³/mol. The van der Waals surface area contributed by atoms with E-state index in [4.69, 9.17) is 35.7 Å². The first-order valence-corrected chi connectivity index (χ1v) is 9.75. The lowest BCUT2D eigenvalue weighted by molar-refractivity contribution is -0.132. The molecule has 0 heterocycles. The number of allylic oxidation sites excluding steroid dienone is 2. The molecule has 0 spiro atoms. The third-order valence-corrected chi connectivity index (χ3v) is 3.68. The fourth-order valence-electron chi connectivity index (χ4n) is 1.97. The van der Waals surface area contributed by atoms with Crippen molar-refractivity contribution in [3.63, 3.8) is 0 Å². The highest BCUT2D eigenvalue weighted by atomic mass is 16.4. The number of aliphatic carboxylic acids is 3. The minimum atomic E-state index is -1.11. The van der Waals surface area contributed by atoms with Crippen LogP contribution in [0.4, 0.5) is 0 Å². The van der Waals surface area contributed by atoms with E-state index in [1.54, 1.807) is 6.08 Å². The van der Waals surface area contributed by atoms with Crippen molar-refractivity contribution in [1.29, 1.82) is 0 Å². The largest absolute Gasteiger partial charge is 0.478 e. The molecule has 1 aliphatic carbocycles. The maximum atomic E-state index is 11.0. The second-order valence-electron chi connectivity index (χ2n) is 7.73. The first-order chi connectivity index (χ1) is 15.5. The van der Waals surface area contributed by atoms with E-state index in [0.29, 0.717) is 6.42 Å². The van der Waals surface area contributed by atoms with Crippen molar-refractivity contribution < 1.29 is 54.9 Å². The fraction of sp³-hybridized carbons (Fsp3) is 0.478. The van der Waals surface area contributed by atoms with Gasteiger partial charge in [-0.3, -0.25) is 4.79 Å². The quantitative estimate of drug-likeness (QED) is 0.251. The topological polar surface area (TPSA) is 210 Å². The Bertz CT molecular complexity index is 627. The van der Waals surface area contributed by atoms with Crippen molar-refractivity contribution in [2.45, 2.75) is 33.6 Å². The van der Waals surface area contributed by atoms with Crippen molar-refractivity contribution in [3.05, 3.63) is 49.6 Å². The first kappa shape index (κ1) is 38.2. The van der Waals surface area contributed by atoms with Crippen molar-refractivity contribution in [3.8, 4) is 0 Å². The second-order valence-corrected chi connectivity index (χ2v) is 7.73. The molecule has 0 aromatic rings. The van der Waals surface area contributed by atoms with E-state index in [1.807, 2.05) is 6.92 Å². The van der Waals surface area contributed by atoms with E-state index in [-0.39, 0.29) is 11.2 Å². The molecule has 1 aliphatic rings. The Labute approximate surface area is 199 Å². The van der Waals surface area contributed by atoms with Gasteiger partial charge in [-0.05, 0) is 24.8 Å². The van der Waals surface area contributed by atoms with E-state index >= 15 is 0 Å². The van der Waals surface area contributed by atoms with E-state index in [9.17, 15) is 19.2 Å². The molecule has 0 bridgehead atoms. The molecule has 0 aromatic heterocycles. The van der Waals surface area contributed by atoms with Crippen LogP contribution in [0.5, 0.6) is 0 Å². The summed E-state index contributed by atoms with van der Waals surface area (Å²) >= 11 is 0. The SMILES string of the molecule is C=CC(=O)O.C=CC(=O)O.C=CC(=O)O.CC1=CC(=O)CC(C)(C)C1.OCC(CO)(CO)CO. The molecule has 0 amide bonds. The number of carboxylic acids is 3. The lowest BCUT2D eigenvalue weighted by atomic mass is 9.77. The van der Waals surface area contributed by atoms with Gasteiger partial charge >= 0.3 is 17.9 Å². The molecule has 11 heteroatoms. The van der Waals surface area contributed by atoms with E-state index in [2.05, 4.69) is 33.6 Å². The summed E-state index contributed by atoms with van der Waals surface area (Å²) in [6, 6.07) is 0. The van der Waals surface area contributed by atoms with Crippen molar-refractivity contribution in [2.24, 2.45) is 10.8 Å². The van der Waals surface area contributed by atoms with E-state index < -0.39 is 49.8 Å². The summed E-state index contributed by atoms with van der Waals surface area (Å²) in [5, 5.41) is 56.8. The normalized spacial score (nSPS) is 13.1. The molecular formula is C23H38O11. The number of aliphatic hydroxyl groups is 4. The maximum Gasteiger partial charge on any atom is 0.327 e. The summed E-state index contributed by atoms with van der Waals surface area (Å²) in [7, 11) is 0. The van der Waals surface area contributed by atoms with Crippen molar-refractivity contribution >= 4 is 23.7 Å². The molecule has 0 radical (unpaired) electrons. The van der Waals surface area contributed by atoms with Crippen LogP contribution in [0.25, 0.3) is 0 Å². The summed E-state index contributed by atoms with van der Waals surface area (Å²) < 4.78 is 0. The Kier molecular flexibility index (Phi) is 24.4. The van der Waals surface area contributed by atoms with Gasteiger partial charge in [0.25, 0.3) is 0 Å². The molecule has 0 atom stereocenters. The second kappa shape index (κ2) is 21.7. The van der Waals surface area contributed by atoms with Gasteiger partial charge in [-0.2, -0.15) is 0 Å². The minimum absolute atomic E-state index is 0.204. The molecule has 1 rings (SSSR count). The van der Waals surface area contributed by atoms with Crippen LogP contribution in [0.1, 0.15) is 33.6 Å². The van der Waals surface area contributed by atoms with Gasteiger partial charge in [0.05, 0.1) is 31.8 Å². The van der Waals surface area contributed by atoms with Crippen molar-refractivity contribution in [2.75, 3.05) is 26.4 Å². The molecule has 7 N–H and O–H groups in total. The number of hydrogen-bond acceptors (Lipinski definition) is 8. The number of hydrogen-bond donors (Lipinski definition) is 7. The highest BCUT2D eigenvalue weighted by Gasteiger charge is 2.26. The zero-order valence-electron chi connectivity index (χ0n) is 19.9. The van der Waals surface area contributed by atoms with E-state index in [1.165, 1.54) is 5.57 Å². The van der Waals surface area contributed by atoms with Gasteiger partial charge in [-0.1, -0.05) is 39.2 Å². The van der Waals surface area contributed by atoms with Gasteiger partial charge in [-0.15, -0.1) is 0 Å². The van der Waals surface area contributed by atoms with Crippen molar-refractivity contribution in [1.82, 2.24) is 0 Å². The Morgan fingerprint density at radius 1 is 0.824 bits per heavy atom. The number of ketones is 1. The number of carbonyl (C=O) groups excluding carboxylic acids is 1. The monoisotopic (exact) mass is 490 g/mol. The lowest BCUT2D eigenvalue weighted by Gasteiger charge is -2.27. The smallest absolute Gasteiger partial charge is 0.327 e. The Balaban J connectivity index is -0.000000173. The Hall–Kier alpha value is -3.12. The number of carboxylic acid groups (broad SMARTS) is 3. The molecule has 0 aliphatic heterocycles. The maximum absolute atomic E-state index is 11.0. The summed E-state index contributed by atoms with van der Waals surface area (Å²) in [4.78, 5) is 38.8. The lowest BCUT2D eigenvalue weighted by Crippen LogP contribution is -2.37. The summed E-state index contributed by atoms with van der Waals surface area (Å²) in [6.45, 7) is 13.6. The Morgan fingerprint density at radius 2 is 1.09 bits per heavy atom. The van der Waals surface area contributed by atoms with Crippen LogP contribution in [0.3, 0.4) is 0 Å². The molecule has 0 saturated carbocycles. The van der Waals surface area contributed by atoms with Gasteiger partial charge in [0.2, 0.25) is 0 Å². The van der Waals surface area contributed by atoms with Gasteiger partial charge < -0.3 is 35.7 Å². The zero-order chi connectivity index (χ0) is 28.0. The van der Waals surface area contributed by atoms with E-state index in [0.717, 1.165) is 24.6 Å². The van der Waals surface area contributed by atoms with Crippen LogP contribution in [0, 0.1) is 10.8 Å². The number of rotatable bonds is 7. The van der Waals surface area contributed by atoms with Gasteiger partial charge in [0, 0.05) is 24.6 Å². The number of carbonyl (C=O) groups is 4. The van der Waals surface area contributed by atoms with Crippen LogP contribution < -0.4 is 0 Å². The highest BCUT2D eigenvalue weighted by molar-refractivity contribution is 5.91. The average molecular weight is 491 g/mol. The summed E-state index contributed by atoms with van der Waals surface area (Å²) in [5.74, 6) is -2.66. The minimum Gasteiger partial charge on any atom is -0.478 e. The molecule has 0 unspecified atom stereocenters. The van der Waals surface area contributed by atoms with Gasteiger partial charge in [-0.25, -0.2) is 14.4 Å². The van der Waals surface area contributed by atoms with Crippen LogP contribution in [0.15, 0.2) is 49.6 Å². The molecular weight excluding hydrogens is 452 g/mol. The predicted octanol–water partition coefficient (Wildman–Crippen LogP) is 1.03. The molecule has 0 aromatic carbocycles. The fourth-order valence-corrected chi connectivity index (χ4v) is 1.97. The molecule has 11 nitrogen and oxygen atoms in total. The van der Waals surface area contributed by atoms with Crippen LogP contribution in [-0.2, 0) is 19.2 Å². The molecule has 0 saturated heterocycles. The van der Waals surface area contributed by atoms with Crippen LogP contribution >= 0.6 is 0 Å². The number of aliphatic hydroxyl groups excluding tert-OH is 4. The average Bonchev–Trinajstić information content (AvgIpc) is 2.75. The third kappa shape index (κ3) is 26.9. The summed E-state index contributed by atoms with van der Waals surface area (Å²) in [6.07, 6.45) is 6.05. The zero-order valence-corrected chi connectivity index (χ0v) is 19.9. The standard InChI is InChI=1S/C9H14O.C5H12O4.3C3H4O2/c1-7-4-8(10)6-9(2,3)5-7;6-1-5(2-7,3-8)4-9;3*1-2-3(4)5/h4H,5-6H2,1-3H3;6-9H,1-4H2;3*2H,1H2,(H,4,5). The van der Waals surface area contributed by atoms with Gasteiger partial charge in [0.1, 0.15) is 0 Å². The van der Waals surface area contributed by atoms with Crippen LogP contribution in [-0.4, -0.2) is 85.9 Å². The third-order valence-electron chi connectivity index (χ3n) is 3.68.